The van der Waals surface area contributed by atoms with Gasteiger partial charge in [0.25, 0.3) is 5.56 Å². The molecule has 0 atom stereocenters. The molecule has 1 aromatic carbocycles. The van der Waals surface area contributed by atoms with Gasteiger partial charge >= 0.3 is 0 Å². The van der Waals surface area contributed by atoms with Crippen LogP contribution in [0.5, 0.6) is 0 Å². The maximum Gasteiger partial charge on any atom is 0.286 e. The summed E-state index contributed by atoms with van der Waals surface area (Å²) in [5.74, 6) is 0. The summed E-state index contributed by atoms with van der Waals surface area (Å²) in [6, 6.07) is 6.36. The summed E-state index contributed by atoms with van der Waals surface area (Å²) in [5.41, 5.74) is 3.38. The standard InChI is InChI=1S/C22H30Cl2N4O/c1-16-8-9-17(23)14-19(16)27-12-10-26(11-13-27)15-20-21(24)22(29)28(25(20)2)18-6-4-3-5-7-18/h8-9,14,18H,3-7,10-13,15H2,1-2H3. The van der Waals surface area contributed by atoms with Crippen LogP contribution in [0, 0.1) is 6.92 Å². The monoisotopic (exact) mass is 436 g/mol. The average Bonchev–Trinajstić information content (AvgIpc) is 2.94. The Morgan fingerprint density at radius 2 is 1.72 bits per heavy atom. The molecule has 7 heteroatoms. The minimum atomic E-state index is -0.0238. The van der Waals surface area contributed by atoms with Crippen molar-refractivity contribution in [2.24, 2.45) is 7.05 Å². The normalized spacial score (nSPS) is 19.1. The zero-order chi connectivity index (χ0) is 20.5. The first kappa shape index (κ1) is 20.8. The molecule has 2 aromatic rings. The number of aryl methyl sites for hydroxylation is 1. The van der Waals surface area contributed by atoms with E-state index in [1.54, 1.807) is 0 Å². The first-order valence-corrected chi connectivity index (χ1v) is 11.4. The Kier molecular flexibility index (Phi) is 6.28. The number of piperazine rings is 1. The van der Waals surface area contributed by atoms with E-state index in [4.69, 9.17) is 23.2 Å². The number of anilines is 1. The van der Waals surface area contributed by atoms with Crippen LogP contribution in [0.2, 0.25) is 10.0 Å². The van der Waals surface area contributed by atoms with Crippen LogP contribution in [-0.4, -0.2) is 40.4 Å². The second-order valence-corrected chi connectivity index (χ2v) is 9.23. The molecule has 0 N–H and O–H groups in total. The van der Waals surface area contributed by atoms with Crippen molar-refractivity contribution in [1.82, 2.24) is 14.3 Å². The predicted octanol–water partition coefficient (Wildman–Crippen LogP) is 4.63. The number of aromatic nitrogens is 2. The molecule has 29 heavy (non-hydrogen) atoms. The van der Waals surface area contributed by atoms with Crippen LogP contribution in [0.15, 0.2) is 23.0 Å². The van der Waals surface area contributed by atoms with Gasteiger partial charge in [0.15, 0.2) is 0 Å². The number of hydrogen-bond donors (Lipinski definition) is 0. The summed E-state index contributed by atoms with van der Waals surface area (Å²) in [6.07, 6.45) is 5.81. The summed E-state index contributed by atoms with van der Waals surface area (Å²) in [7, 11) is 1.99. The highest BCUT2D eigenvalue weighted by atomic mass is 35.5. The van der Waals surface area contributed by atoms with E-state index in [0.717, 1.165) is 49.7 Å². The van der Waals surface area contributed by atoms with Gasteiger partial charge in [-0.25, -0.2) is 4.68 Å². The maximum absolute atomic E-state index is 12.8. The van der Waals surface area contributed by atoms with Crippen LogP contribution in [0.4, 0.5) is 5.69 Å². The summed E-state index contributed by atoms with van der Waals surface area (Å²) in [6.45, 7) is 6.59. The van der Waals surface area contributed by atoms with E-state index in [1.165, 1.54) is 30.5 Å². The number of benzene rings is 1. The molecule has 2 aliphatic rings. The lowest BCUT2D eigenvalue weighted by Crippen LogP contribution is -2.46. The van der Waals surface area contributed by atoms with Gasteiger partial charge in [-0.1, -0.05) is 48.5 Å². The fourth-order valence-corrected chi connectivity index (χ4v) is 5.26. The van der Waals surface area contributed by atoms with Crippen LogP contribution in [0.3, 0.4) is 0 Å². The number of rotatable bonds is 4. The molecule has 4 rings (SSSR count). The van der Waals surface area contributed by atoms with Crippen molar-refractivity contribution in [1.29, 1.82) is 0 Å². The molecule has 1 aliphatic carbocycles. The van der Waals surface area contributed by atoms with Gasteiger partial charge in [-0.05, 0) is 37.5 Å². The first-order chi connectivity index (χ1) is 14.0. The molecule has 158 valence electrons. The molecule has 1 saturated heterocycles. The fraction of sp³-hybridized carbons (Fsp3) is 0.591. The third-order valence-corrected chi connectivity index (χ3v) is 7.16. The molecule has 1 aliphatic heterocycles. The Morgan fingerprint density at radius 1 is 1.03 bits per heavy atom. The molecule has 0 spiro atoms. The van der Waals surface area contributed by atoms with E-state index in [1.807, 2.05) is 22.5 Å². The van der Waals surface area contributed by atoms with Gasteiger partial charge in [0.05, 0.1) is 11.7 Å². The number of nitrogens with zero attached hydrogens (tertiary/aromatic N) is 4. The van der Waals surface area contributed by atoms with E-state index < -0.39 is 0 Å². The van der Waals surface area contributed by atoms with Crippen LogP contribution in [-0.2, 0) is 13.6 Å². The molecule has 1 saturated carbocycles. The number of halogens is 2. The van der Waals surface area contributed by atoms with Crippen LogP contribution in [0.1, 0.15) is 49.4 Å². The Hall–Kier alpha value is -1.43. The van der Waals surface area contributed by atoms with Gasteiger partial charge in [0.1, 0.15) is 5.02 Å². The minimum Gasteiger partial charge on any atom is -0.369 e. The SMILES string of the molecule is Cc1ccc(Cl)cc1N1CCN(Cc2c(Cl)c(=O)n(C3CCCCC3)n2C)CC1. The summed E-state index contributed by atoms with van der Waals surface area (Å²) < 4.78 is 3.93. The minimum absolute atomic E-state index is 0.0238. The van der Waals surface area contributed by atoms with Crippen molar-refractivity contribution in [2.75, 3.05) is 31.1 Å². The zero-order valence-corrected chi connectivity index (χ0v) is 18.8. The lowest BCUT2D eigenvalue weighted by Gasteiger charge is -2.37. The lowest BCUT2D eigenvalue weighted by atomic mass is 9.96. The van der Waals surface area contributed by atoms with Crippen molar-refractivity contribution < 1.29 is 0 Å². The van der Waals surface area contributed by atoms with Crippen molar-refractivity contribution in [3.63, 3.8) is 0 Å². The van der Waals surface area contributed by atoms with Gasteiger partial charge in [0, 0.05) is 50.5 Å². The maximum atomic E-state index is 12.8. The summed E-state index contributed by atoms with van der Waals surface area (Å²) >= 11 is 12.7. The highest BCUT2D eigenvalue weighted by Gasteiger charge is 2.26. The van der Waals surface area contributed by atoms with Crippen LogP contribution in [0.25, 0.3) is 0 Å². The predicted molar refractivity (Wildman–Crippen MR) is 120 cm³/mol. The molecule has 0 radical (unpaired) electrons. The first-order valence-electron chi connectivity index (χ1n) is 10.6. The third-order valence-electron chi connectivity index (χ3n) is 6.54. The highest BCUT2D eigenvalue weighted by molar-refractivity contribution is 6.31. The third kappa shape index (κ3) is 4.23. The van der Waals surface area contributed by atoms with Crippen molar-refractivity contribution in [3.05, 3.63) is 49.9 Å². The molecular formula is C22H30Cl2N4O. The molecule has 0 bridgehead atoms. The van der Waals surface area contributed by atoms with Gasteiger partial charge in [-0.3, -0.25) is 14.4 Å². The molecule has 5 nitrogen and oxygen atoms in total. The largest absolute Gasteiger partial charge is 0.369 e. The summed E-state index contributed by atoms with van der Waals surface area (Å²) in [4.78, 5) is 17.6. The van der Waals surface area contributed by atoms with Gasteiger partial charge in [0.2, 0.25) is 0 Å². The topological polar surface area (TPSA) is 33.4 Å². The highest BCUT2D eigenvalue weighted by Crippen LogP contribution is 2.29. The van der Waals surface area contributed by atoms with E-state index in [-0.39, 0.29) is 11.6 Å². The Morgan fingerprint density at radius 3 is 2.41 bits per heavy atom. The van der Waals surface area contributed by atoms with Crippen molar-refractivity contribution in [2.45, 2.75) is 51.6 Å². The van der Waals surface area contributed by atoms with E-state index in [2.05, 4.69) is 28.9 Å². The molecule has 2 heterocycles. The van der Waals surface area contributed by atoms with Gasteiger partial charge in [-0.15, -0.1) is 0 Å². The molecular weight excluding hydrogens is 407 g/mol. The van der Waals surface area contributed by atoms with E-state index in [0.29, 0.717) is 11.6 Å². The Balaban J connectivity index is 1.46. The van der Waals surface area contributed by atoms with Gasteiger partial charge in [-0.2, -0.15) is 0 Å². The molecule has 0 unspecified atom stereocenters. The smallest absolute Gasteiger partial charge is 0.286 e. The van der Waals surface area contributed by atoms with Gasteiger partial charge < -0.3 is 4.90 Å². The second-order valence-electron chi connectivity index (χ2n) is 8.42. The number of hydrogen-bond acceptors (Lipinski definition) is 3. The van der Waals surface area contributed by atoms with E-state index >= 15 is 0 Å². The lowest BCUT2D eigenvalue weighted by molar-refractivity contribution is 0.235. The zero-order valence-electron chi connectivity index (χ0n) is 17.3. The van der Waals surface area contributed by atoms with Crippen LogP contribution >= 0.6 is 23.2 Å². The quantitative estimate of drug-likeness (QED) is 0.700. The van der Waals surface area contributed by atoms with Crippen molar-refractivity contribution in [3.8, 4) is 0 Å². The van der Waals surface area contributed by atoms with Crippen LogP contribution < -0.4 is 10.5 Å². The summed E-state index contributed by atoms with van der Waals surface area (Å²) in [5, 5.41) is 1.17. The molecule has 1 aromatic heterocycles. The molecule has 0 amide bonds. The Labute approximate surface area is 182 Å². The Bertz CT molecular complexity index is 922. The fourth-order valence-electron chi connectivity index (χ4n) is 4.82. The molecule has 2 fully saturated rings. The van der Waals surface area contributed by atoms with E-state index in [9.17, 15) is 4.79 Å². The average molecular weight is 437 g/mol. The second kappa shape index (κ2) is 8.75. The van der Waals surface area contributed by atoms with Crippen molar-refractivity contribution >= 4 is 28.9 Å².